The van der Waals surface area contributed by atoms with E-state index in [-0.39, 0.29) is 23.6 Å². The maximum Gasteiger partial charge on any atom is 0.303 e. The lowest BCUT2D eigenvalue weighted by atomic mass is 9.89. The molecule has 20 heavy (non-hydrogen) atoms. The smallest absolute Gasteiger partial charge is 0.303 e. The molecule has 108 valence electrons. The lowest BCUT2D eigenvalue weighted by Crippen LogP contribution is -2.25. The lowest BCUT2D eigenvalue weighted by molar-refractivity contribution is -0.137. The predicted octanol–water partition coefficient (Wildman–Crippen LogP) is 1.87. The van der Waals surface area contributed by atoms with Gasteiger partial charge in [0.2, 0.25) is 0 Å². The van der Waals surface area contributed by atoms with Crippen molar-refractivity contribution in [2.75, 3.05) is 6.54 Å². The summed E-state index contributed by atoms with van der Waals surface area (Å²) in [4.78, 5) is 22.4. The normalized spacial score (nSPS) is 13.6. The fourth-order valence-corrected chi connectivity index (χ4v) is 2.53. The van der Waals surface area contributed by atoms with E-state index >= 15 is 0 Å². The number of rotatable bonds is 5. The van der Waals surface area contributed by atoms with E-state index in [1.807, 2.05) is 6.07 Å². The lowest BCUT2D eigenvalue weighted by Gasteiger charge is -2.18. The first-order valence-electron chi connectivity index (χ1n) is 6.93. The number of carbonyl (C=O) groups is 2. The third kappa shape index (κ3) is 3.29. The van der Waals surface area contributed by atoms with E-state index in [9.17, 15) is 14.7 Å². The van der Waals surface area contributed by atoms with Gasteiger partial charge in [-0.1, -0.05) is 6.07 Å². The van der Waals surface area contributed by atoms with Crippen LogP contribution < -0.4 is 5.32 Å². The van der Waals surface area contributed by atoms with Crippen LogP contribution in [0, 0.1) is 0 Å². The maximum atomic E-state index is 12.0. The van der Waals surface area contributed by atoms with E-state index in [1.165, 1.54) is 0 Å². The summed E-state index contributed by atoms with van der Waals surface area (Å²) in [6, 6.07) is 3.55. The van der Waals surface area contributed by atoms with Crippen LogP contribution in [0.4, 0.5) is 0 Å². The molecule has 0 atom stereocenters. The fourth-order valence-electron chi connectivity index (χ4n) is 2.53. The zero-order chi connectivity index (χ0) is 14.5. The van der Waals surface area contributed by atoms with Crippen LogP contribution in [0.25, 0.3) is 0 Å². The van der Waals surface area contributed by atoms with Crippen LogP contribution in [0.1, 0.15) is 47.2 Å². The monoisotopic (exact) mass is 277 g/mol. The molecule has 1 aromatic carbocycles. The Kier molecular flexibility index (Phi) is 4.61. The first-order valence-corrected chi connectivity index (χ1v) is 6.93. The number of fused-ring (bicyclic) bond motifs is 1. The minimum absolute atomic E-state index is 0.0243. The van der Waals surface area contributed by atoms with E-state index in [0.717, 1.165) is 36.8 Å². The number of aromatic hydroxyl groups is 1. The van der Waals surface area contributed by atoms with Gasteiger partial charge in [0, 0.05) is 13.0 Å². The Morgan fingerprint density at radius 1 is 1.20 bits per heavy atom. The zero-order valence-electron chi connectivity index (χ0n) is 11.3. The Hall–Kier alpha value is -2.04. The van der Waals surface area contributed by atoms with E-state index in [1.54, 1.807) is 6.07 Å². The third-order valence-corrected chi connectivity index (χ3v) is 3.60. The summed E-state index contributed by atoms with van der Waals surface area (Å²) in [5, 5.41) is 21.4. The van der Waals surface area contributed by atoms with Crippen molar-refractivity contribution in [2.24, 2.45) is 0 Å². The van der Waals surface area contributed by atoms with Crippen LogP contribution in [0.2, 0.25) is 0 Å². The molecular weight excluding hydrogens is 258 g/mol. The van der Waals surface area contributed by atoms with Crippen molar-refractivity contribution < 1.29 is 19.8 Å². The molecule has 0 heterocycles. The van der Waals surface area contributed by atoms with Gasteiger partial charge in [-0.2, -0.15) is 0 Å². The Morgan fingerprint density at radius 2 is 1.95 bits per heavy atom. The largest absolute Gasteiger partial charge is 0.507 e. The molecule has 0 aromatic heterocycles. The van der Waals surface area contributed by atoms with Gasteiger partial charge in [0.1, 0.15) is 5.75 Å². The first kappa shape index (κ1) is 14.4. The molecule has 0 radical (unpaired) electrons. The highest BCUT2D eigenvalue weighted by molar-refractivity contribution is 5.97. The van der Waals surface area contributed by atoms with Crippen molar-refractivity contribution in [3.63, 3.8) is 0 Å². The number of carboxylic acid groups (broad SMARTS) is 1. The topological polar surface area (TPSA) is 86.6 Å². The molecule has 1 amide bonds. The molecule has 3 N–H and O–H groups in total. The number of benzene rings is 1. The van der Waals surface area contributed by atoms with Crippen molar-refractivity contribution >= 4 is 11.9 Å². The zero-order valence-corrected chi connectivity index (χ0v) is 11.3. The van der Waals surface area contributed by atoms with Gasteiger partial charge in [0.15, 0.2) is 0 Å². The second-order valence-electron chi connectivity index (χ2n) is 5.06. The first-order chi connectivity index (χ1) is 9.59. The van der Waals surface area contributed by atoms with Gasteiger partial charge in [-0.15, -0.1) is 0 Å². The van der Waals surface area contributed by atoms with Gasteiger partial charge in [-0.3, -0.25) is 9.59 Å². The minimum Gasteiger partial charge on any atom is -0.507 e. The number of carboxylic acids is 1. The SMILES string of the molecule is O=C(O)CCCNC(=O)c1ccc2c(c1O)CCCC2. The standard InChI is InChI=1S/C15H19NO4/c17-13(18)6-3-9-16-15(20)12-8-7-10-4-1-2-5-11(10)14(12)19/h7-8,19H,1-6,9H2,(H,16,20)(H,17,18). The minimum atomic E-state index is -0.879. The van der Waals surface area contributed by atoms with Gasteiger partial charge in [0.25, 0.3) is 5.91 Å². The summed E-state index contributed by atoms with van der Waals surface area (Å²) < 4.78 is 0. The highest BCUT2D eigenvalue weighted by atomic mass is 16.4. The number of phenolic OH excluding ortho intramolecular Hbond substituents is 1. The number of hydrogen-bond acceptors (Lipinski definition) is 3. The summed E-state index contributed by atoms with van der Waals surface area (Å²) in [6.45, 7) is 0.293. The molecular formula is C15H19NO4. The molecule has 5 heteroatoms. The van der Waals surface area contributed by atoms with Crippen LogP contribution in [-0.2, 0) is 17.6 Å². The second-order valence-corrected chi connectivity index (χ2v) is 5.06. The average molecular weight is 277 g/mol. The summed E-state index contributed by atoms with van der Waals surface area (Å²) in [5.74, 6) is -1.14. The molecule has 5 nitrogen and oxygen atoms in total. The third-order valence-electron chi connectivity index (χ3n) is 3.60. The molecule has 0 fully saturated rings. The van der Waals surface area contributed by atoms with Gasteiger partial charge in [-0.05, 0) is 49.3 Å². The fraction of sp³-hybridized carbons (Fsp3) is 0.467. The summed E-state index contributed by atoms with van der Waals surface area (Å²) in [6.07, 6.45) is 4.31. The van der Waals surface area contributed by atoms with Gasteiger partial charge in [0.05, 0.1) is 5.56 Å². The van der Waals surface area contributed by atoms with Crippen molar-refractivity contribution in [3.05, 3.63) is 28.8 Å². The molecule has 0 spiro atoms. The predicted molar refractivity (Wildman–Crippen MR) is 74.0 cm³/mol. The number of hydrogen-bond donors (Lipinski definition) is 3. The quantitative estimate of drug-likeness (QED) is 0.717. The van der Waals surface area contributed by atoms with Crippen LogP contribution in [0.15, 0.2) is 12.1 Å². The Bertz CT molecular complexity index is 525. The van der Waals surface area contributed by atoms with E-state index in [2.05, 4.69) is 5.32 Å². The number of phenols is 1. The Balaban J connectivity index is 2.01. The Morgan fingerprint density at radius 3 is 2.70 bits per heavy atom. The number of aliphatic carboxylic acids is 1. The van der Waals surface area contributed by atoms with Crippen molar-refractivity contribution in [2.45, 2.75) is 38.5 Å². The molecule has 2 rings (SSSR count). The van der Waals surface area contributed by atoms with Crippen molar-refractivity contribution in [3.8, 4) is 5.75 Å². The van der Waals surface area contributed by atoms with Gasteiger partial charge < -0.3 is 15.5 Å². The number of carbonyl (C=O) groups excluding carboxylic acids is 1. The molecule has 0 saturated heterocycles. The maximum absolute atomic E-state index is 12.0. The van der Waals surface area contributed by atoms with Gasteiger partial charge in [-0.25, -0.2) is 0 Å². The van der Waals surface area contributed by atoms with Crippen molar-refractivity contribution in [1.82, 2.24) is 5.32 Å². The van der Waals surface area contributed by atoms with Crippen LogP contribution in [0.5, 0.6) is 5.75 Å². The highest BCUT2D eigenvalue weighted by Gasteiger charge is 2.19. The van der Waals surface area contributed by atoms with Crippen LogP contribution >= 0.6 is 0 Å². The number of nitrogens with one attached hydrogen (secondary N) is 1. The van der Waals surface area contributed by atoms with Crippen LogP contribution in [-0.4, -0.2) is 28.6 Å². The van der Waals surface area contributed by atoms with E-state index in [4.69, 9.17) is 5.11 Å². The van der Waals surface area contributed by atoms with E-state index in [0.29, 0.717) is 13.0 Å². The molecule has 1 aliphatic carbocycles. The van der Waals surface area contributed by atoms with Gasteiger partial charge >= 0.3 is 5.97 Å². The second kappa shape index (κ2) is 6.41. The molecule has 1 aliphatic rings. The summed E-state index contributed by atoms with van der Waals surface area (Å²) in [7, 11) is 0. The average Bonchev–Trinajstić information content (AvgIpc) is 2.44. The summed E-state index contributed by atoms with van der Waals surface area (Å²) in [5.41, 5.74) is 2.28. The molecule has 0 bridgehead atoms. The highest BCUT2D eigenvalue weighted by Crippen LogP contribution is 2.31. The number of amides is 1. The molecule has 0 aliphatic heterocycles. The molecule has 0 saturated carbocycles. The number of aryl methyl sites for hydroxylation is 1. The van der Waals surface area contributed by atoms with Crippen molar-refractivity contribution in [1.29, 1.82) is 0 Å². The molecule has 1 aromatic rings. The summed E-state index contributed by atoms with van der Waals surface area (Å²) >= 11 is 0. The molecule has 0 unspecified atom stereocenters. The Labute approximate surface area is 117 Å². The van der Waals surface area contributed by atoms with Crippen LogP contribution in [0.3, 0.4) is 0 Å². The van der Waals surface area contributed by atoms with E-state index < -0.39 is 5.97 Å².